The summed E-state index contributed by atoms with van der Waals surface area (Å²) < 4.78 is 5.39. The van der Waals surface area contributed by atoms with Gasteiger partial charge in [0.25, 0.3) is 0 Å². The highest BCUT2D eigenvalue weighted by molar-refractivity contribution is 5.37. The Balaban J connectivity index is 2.14. The van der Waals surface area contributed by atoms with Gasteiger partial charge in [-0.3, -0.25) is 4.90 Å². The molecule has 2 rings (SSSR count). The van der Waals surface area contributed by atoms with Crippen LogP contribution in [0.4, 0.5) is 0 Å². The number of ether oxygens (including phenoxy) is 1. The molecule has 0 aromatic heterocycles. The Morgan fingerprint density at radius 3 is 2.78 bits per heavy atom. The highest BCUT2D eigenvalue weighted by Crippen LogP contribution is 2.30. The van der Waals surface area contributed by atoms with Crippen molar-refractivity contribution in [1.29, 1.82) is 0 Å². The fourth-order valence-corrected chi connectivity index (χ4v) is 2.26. The zero-order valence-electron chi connectivity index (χ0n) is 10.9. The molecular formula is C14H22N2O2. The zero-order valence-corrected chi connectivity index (χ0v) is 10.9. The number of hydrogen-bond donors (Lipinski definition) is 2. The van der Waals surface area contributed by atoms with Crippen molar-refractivity contribution in [2.24, 2.45) is 5.73 Å². The summed E-state index contributed by atoms with van der Waals surface area (Å²) >= 11 is 0. The molecule has 1 saturated carbocycles. The lowest BCUT2D eigenvalue weighted by Crippen LogP contribution is -2.28. The van der Waals surface area contributed by atoms with Crippen LogP contribution in [0.5, 0.6) is 5.75 Å². The number of methoxy groups -OCH3 is 1. The lowest BCUT2D eigenvalue weighted by Gasteiger charge is -2.22. The second-order valence-corrected chi connectivity index (χ2v) is 4.78. The molecule has 0 saturated heterocycles. The first-order chi connectivity index (χ1) is 8.78. The summed E-state index contributed by atoms with van der Waals surface area (Å²) in [5.74, 6) is 0.899. The summed E-state index contributed by atoms with van der Waals surface area (Å²) in [4.78, 5) is 2.32. The monoisotopic (exact) mass is 250 g/mol. The lowest BCUT2D eigenvalue weighted by atomic mass is 10.1. The minimum Gasteiger partial charge on any atom is -0.496 e. The van der Waals surface area contributed by atoms with Gasteiger partial charge in [0, 0.05) is 31.2 Å². The summed E-state index contributed by atoms with van der Waals surface area (Å²) in [7, 11) is 1.69. The molecule has 0 radical (unpaired) electrons. The van der Waals surface area contributed by atoms with Gasteiger partial charge in [0.15, 0.2) is 0 Å². The Morgan fingerprint density at radius 2 is 2.22 bits per heavy atom. The molecule has 1 aliphatic rings. The van der Waals surface area contributed by atoms with Crippen LogP contribution in [0, 0.1) is 0 Å². The molecule has 0 bridgehead atoms. The van der Waals surface area contributed by atoms with Gasteiger partial charge in [-0.05, 0) is 30.5 Å². The molecule has 18 heavy (non-hydrogen) atoms. The van der Waals surface area contributed by atoms with Gasteiger partial charge in [-0.25, -0.2) is 0 Å². The van der Waals surface area contributed by atoms with Crippen molar-refractivity contribution < 1.29 is 9.84 Å². The van der Waals surface area contributed by atoms with Crippen molar-refractivity contribution in [3.05, 3.63) is 29.3 Å². The third kappa shape index (κ3) is 3.22. The van der Waals surface area contributed by atoms with Crippen LogP contribution in [0.15, 0.2) is 18.2 Å². The Kier molecular flexibility index (Phi) is 4.58. The van der Waals surface area contributed by atoms with Gasteiger partial charge >= 0.3 is 0 Å². The highest BCUT2D eigenvalue weighted by atomic mass is 16.5. The predicted octanol–water partition coefficient (Wildman–Crippen LogP) is 1.11. The van der Waals surface area contributed by atoms with E-state index in [1.807, 2.05) is 12.1 Å². The van der Waals surface area contributed by atoms with E-state index in [4.69, 9.17) is 15.6 Å². The summed E-state index contributed by atoms with van der Waals surface area (Å²) in [5, 5.41) is 9.13. The molecule has 1 aliphatic carbocycles. The third-order valence-electron chi connectivity index (χ3n) is 3.40. The van der Waals surface area contributed by atoms with Crippen LogP contribution in [0.1, 0.15) is 24.0 Å². The summed E-state index contributed by atoms with van der Waals surface area (Å²) in [6.07, 6.45) is 2.47. The van der Waals surface area contributed by atoms with E-state index in [1.54, 1.807) is 7.11 Å². The molecular weight excluding hydrogens is 228 g/mol. The number of hydrogen-bond acceptors (Lipinski definition) is 4. The molecule has 4 heteroatoms. The van der Waals surface area contributed by atoms with Crippen LogP contribution in [0.3, 0.4) is 0 Å². The van der Waals surface area contributed by atoms with Gasteiger partial charge in [0.2, 0.25) is 0 Å². The first kappa shape index (κ1) is 13.3. The van der Waals surface area contributed by atoms with Gasteiger partial charge in [0.1, 0.15) is 5.75 Å². The number of nitrogens with two attached hydrogens (primary N) is 1. The number of rotatable bonds is 7. The SMILES string of the molecule is COc1ccc(CN)cc1CN(CCO)C1CC1. The van der Waals surface area contributed by atoms with Crippen LogP contribution < -0.4 is 10.5 Å². The molecule has 0 unspecified atom stereocenters. The van der Waals surface area contributed by atoms with E-state index in [-0.39, 0.29) is 6.61 Å². The molecule has 0 heterocycles. The molecule has 1 fully saturated rings. The highest BCUT2D eigenvalue weighted by Gasteiger charge is 2.29. The smallest absolute Gasteiger partial charge is 0.123 e. The Hall–Kier alpha value is -1.10. The number of aliphatic hydroxyl groups excluding tert-OH is 1. The maximum absolute atomic E-state index is 9.13. The van der Waals surface area contributed by atoms with Crippen LogP contribution in [-0.2, 0) is 13.1 Å². The van der Waals surface area contributed by atoms with E-state index < -0.39 is 0 Å². The maximum Gasteiger partial charge on any atom is 0.123 e. The third-order valence-corrected chi connectivity index (χ3v) is 3.40. The summed E-state index contributed by atoms with van der Waals surface area (Å²) in [5.41, 5.74) is 7.95. The lowest BCUT2D eigenvalue weighted by molar-refractivity contribution is 0.182. The zero-order chi connectivity index (χ0) is 13.0. The second kappa shape index (κ2) is 6.18. The van der Waals surface area contributed by atoms with Crippen LogP contribution in [0.2, 0.25) is 0 Å². The van der Waals surface area contributed by atoms with Crippen LogP contribution in [-0.4, -0.2) is 36.3 Å². The Morgan fingerprint density at radius 1 is 1.44 bits per heavy atom. The van der Waals surface area contributed by atoms with E-state index in [2.05, 4.69) is 11.0 Å². The number of nitrogens with zero attached hydrogens (tertiary/aromatic N) is 1. The molecule has 3 N–H and O–H groups in total. The van der Waals surface area contributed by atoms with Gasteiger partial charge in [-0.2, -0.15) is 0 Å². The van der Waals surface area contributed by atoms with Gasteiger partial charge < -0.3 is 15.6 Å². The van der Waals surface area contributed by atoms with Crippen molar-refractivity contribution in [3.63, 3.8) is 0 Å². The number of benzene rings is 1. The van der Waals surface area contributed by atoms with E-state index >= 15 is 0 Å². The van der Waals surface area contributed by atoms with Crippen molar-refractivity contribution >= 4 is 0 Å². The van der Waals surface area contributed by atoms with E-state index in [0.717, 1.165) is 30.0 Å². The average molecular weight is 250 g/mol. The van der Waals surface area contributed by atoms with Gasteiger partial charge in [-0.15, -0.1) is 0 Å². The van der Waals surface area contributed by atoms with Crippen molar-refractivity contribution in [1.82, 2.24) is 4.90 Å². The summed E-state index contributed by atoms with van der Waals surface area (Å²) in [6, 6.07) is 6.70. The minimum absolute atomic E-state index is 0.204. The fraction of sp³-hybridized carbons (Fsp3) is 0.571. The number of aliphatic hydroxyl groups is 1. The van der Waals surface area contributed by atoms with Crippen molar-refractivity contribution in [2.45, 2.75) is 32.0 Å². The predicted molar refractivity (Wildman–Crippen MR) is 71.4 cm³/mol. The van der Waals surface area contributed by atoms with E-state index in [0.29, 0.717) is 12.6 Å². The van der Waals surface area contributed by atoms with Crippen LogP contribution >= 0.6 is 0 Å². The summed E-state index contributed by atoms with van der Waals surface area (Å²) in [6.45, 7) is 2.29. The van der Waals surface area contributed by atoms with E-state index in [1.165, 1.54) is 12.8 Å². The first-order valence-corrected chi connectivity index (χ1v) is 6.49. The molecule has 0 aliphatic heterocycles. The topological polar surface area (TPSA) is 58.7 Å². The quantitative estimate of drug-likeness (QED) is 0.761. The molecule has 1 aromatic carbocycles. The largest absolute Gasteiger partial charge is 0.496 e. The van der Waals surface area contributed by atoms with Crippen molar-refractivity contribution in [2.75, 3.05) is 20.3 Å². The molecule has 0 spiro atoms. The first-order valence-electron chi connectivity index (χ1n) is 6.49. The van der Waals surface area contributed by atoms with Gasteiger partial charge in [0.05, 0.1) is 13.7 Å². The molecule has 0 atom stereocenters. The van der Waals surface area contributed by atoms with E-state index in [9.17, 15) is 0 Å². The minimum atomic E-state index is 0.204. The Labute approximate surface area is 108 Å². The fourth-order valence-electron chi connectivity index (χ4n) is 2.26. The van der Waals surface area contributed by atoms with Crippen LogP contribution in [0.25, 0.3) is 0 Å². The molecule has 4 nitrogen and oxygen atoms in total. The van der Waals surface area contributed by atoms with Gasteiger partial charge in [-0.1, -0.05) is 6.07 Å². The maximum atomic E-state index is 9.13. The Bertz CT molecular complexity index is 391. The normalized spacial score (nSPS) is 15.1. The second-order valence-electron chi connectivity index (χ2n) is 4.78. The van der Waals surface area contributed by atoms with Crippen molar-refractivity contribution in [3.8, 4) is 5.75 Å². The molecule has 100 valence electrons. The average Bonchev–Trinajstić information content (AvgIpc) is 3.22. The molecule has 1 aromatic rings. The standard InChI is InChI=1S/C14H22N2O2/c1-18-14-5-2-11(9-15)8-12(14)10-16(6-7-17)13-3-4-13/h2,5,8,13,17H,3-4,6-7,9-10,15H2,1H3. The molecule has 0 amide bonds.